The Labute approximate surface area is 117 Å². The van der Waals surface area contributed by atoms with Gasteiger partial charge in [0.25, 0.3) is 0 Å². The van der Waals surface area contributed by atoms with Gasteiger partial charge in [0.2, 0.25) is 5.91 Å². The number of carbonyl (C=O) groups excluding carboxylic acids is 2. The predicted octanol–water partition coefficient (Wildman–Crippen LogP) is -0.558. The van der Waals surface area contributed by atoms with Crippen LogP contribution in [0.15, 0.2) is 0 Å². The van der Waals surface area contributed by atoms with E-state index in [0.717, 1.165) is 12.8 Å². The summed E-state index contributed by atoms with van der Waals surface area (Å²) in [5.74, 6) is -1.23. The lowest BCUT2D eigenvalue weighted by molar-refractivity contribution is -0.139. The van der Waals surface area contributed by atoms with Crippen molar-refractivity contribution in [1.29, 1.82) is 0 Å². The highest BCUT2D eigenvalue weighted by atomic mass is 16.5. The van der Waals surface area contributed by atoms with Crippen LogP contribution < -0.4 is 16.0 Å². The largest absolute Gasteiger partial charge is 0.481 e. The molecular weight excluding hydrogens is 266 g/mol. The summed E-state index contributed by atoms with van der Waals surface area (Å²) in [6.45, 7) is 1.65. The molecule has 1 fully saturated rings. The summed E-state index contributed by atoms with van der Waals surface area (Å²) in [5.41, 5.74) is 0. The molecule has 0 radical (unpaired) electrons. The Bertz CT molecular complexity index is 370. The maximum Gasteiger partial charge on any atom is 0.315 e. The number of carboxylic acids is 1. The number of carbonyl (C=O) groups is 3. The van der Waals surface area contributed by atoms with Crippen molar-refractivity contribution in [2.75, 3.05) is 13.7 Å². The number of rotatable bonds is 8. The molecule has 1 saturated carbocycles. The van der Waals surface area contributed by atoms with Crippen LogP contribution in [0.5, 0.6) is 0 Å². The van der Waals surface area contributed by atoms with Crippen LogP contribution in [-0.2, 0) is 14.3 Å². The fraction of sp³-hybridized carbons (Fsp3) is 0.750. The van der Waals surface area contributed by atoms with Gasteiger partial charge in [-0.3, -0.25) is 9.59 Å². The first-order chi connectivity index (χ1) is 9.42. The van der Waals surface area contributed by atoms with Gasteiger partial charge in [-0.05, 0) is 19.8 Å². The van der Waals surface area contributed by atoms with Gasteiger partial charge in [0.15, 0.2) is 0 Å². The average Bonchev–Trinajstić information content (AvgIpc) is 3.17. The molecule has 0 saturated heterocycles. The number of hydrogen-bond donors (Lipinski definition) is 4. The van der Waals surface area contributed by atoms with Crippen molar-refractivity contribution in [1.82, 2.24) is 16.0 Å². The van der Waals surface area contributed by atoms with Gasteiger partial charge >= 0.3 is 12.0 Å². The second kappa shape index (κ2) is 7.68. The lowest BCUT2D eigenvalue weighted by Gasteiger charge is -2.17. The SMILES string of the molecule is COC(CNC(=O)NC(C)C(=O)NC1CC1)CC(=O)O. The molecule has 0 aliphatic heterocycles. The fourth-order valence-corrected chi connectivity index (χ4v) is 1.51. The standard InChI is InChI=1S/C12H21N3O5/c1-7(11(18)15-8-3-4-8)14-12(19)13-6-9(20-2)5-10(16)17/h7-9H,3-6H2,1-2H3,(H,15,18)(H,16,17)(H2,13,14,19). The average molecular weight is 287 g/mol. The van der Waals surface area contributed by atoms with Gasteiger partial charge in [-0.15, -0.1) is 0 Å². The highest BCUT2D eigenvalue weighted by Gasteiger charge is 2.26. The topological polar surface area (TPSA) is 117 Å². The molecule has 0 heterocycles. The van der Waals surface area contributed by atoms with E-state index in [1.165, 1.54) is 7.11 Å². The summed E-state index contributed by atoms with van der Waals surface area (Å²) in [6, 6.07) is -0.935. The first-order valence-corrected chi connectivity index (χ1v) is 6.51. The van der Waals surface area contributed by atoms with Crippen LogP contribution in [0.25, 0.3) is 0 Å². The van der Waals surface area contributed by atoms with Crippen molar-refractivity contribution >= 4 is 17.9 Å². The molecule has 1 aliphatic rings. The monoisotopic (exact) mass is 287 g/mol. The van der Waals surface area contributed by atoms with E-state index < -0.39 is 24.1 Å². The van der Waals surface area contributed by atoms with Gasteiger partial charge in [-0.1, -0.05) is 0 Å². The number of nitrogens with one attached hydrogen (secondary N) is 3. The molecule has 0 aromatic rings. The smallest absolute Gasteiger partial charge is 0.315 e. The van der Waals surface area contributed by atoms with Gasteiger partial charge in [0.05, 0.1) is 12.5 Å². The Balaban J connectivity index is 2.23. The maximum absolute atomic E-state index is 11.6. The Hall–Kier alpha value is -1.83. The molecule has 114 valence electrons. The maximum atomic E-state index is 11.6. The van der Waals surface area contributed by atoms with Crippen LogP contribution in [0.4, 0.5) is 4.79 Å². The van der Waals surface area contributed by atoms with E-state index in [-0.39, 0.29) is 24.9 Å². The molecule has 1 rings (SSSR count). The van der Waals surface area contributed by atoms with Gasteiger partial charge < -0.3 is 25.8 Å². The van der Waals surface area contributed by atoms with E-state index in [2.05, 4.69) is 16.0 Å². The zero-order chi connectivity index (χ0) is 15.1. The van der Waals surface area contributed by atoms with Crippen LogP contribution >= 0.6 is 0 Å². The van der Waals surface area contributed by atoms with Crippen molar-refractivity contribution < 1.29 is 24.2 Å². The van der Waals surface area contributed by atoms with E-state index >= 15 is 0 Å². The number of ether oxygens (including phenoxy) is 1. The zero-order valence-electron chi connectivity index (χ0n) is 11.6. The highest BCUT2D eigenvalue weighted by Crippen LogP contribution is 2.18. The third-order valence-corrected chi connectivity index (χ3v) is 2.89. The molecule has 0 aromatic carbocycles. The number of amides is 3. The molecule has 2 atom stereocenters. The van der Waals surface area contributed by atoms with Gasteiger partial charge in [-0.2, -0.15) is 0 Å². The second-order valence-corrected chi connectivity index (χ2v) is 4.81. The molecule has 20 heavy (non-hydrogen) atoms. The van der Waals surface area contributed by atoms with Crippen LogP contribution in [0.2, 0.25) is 0 Å². The third kappa shape index (κ3) is 6.37. The van der Waals surface area contributed by atoms with Crippen LogP contribution in [0.3, 0.4) is 0 Å². The molecule has 8 heteroatoms. The molecule has 0 bridgehead atoms. The summed E-state index contributed by atoms with van der Waals surface area (Å²) >= 11 is 0. The van der Waals surface area contributed by atoms with Crippen molar-refractivity contribution in [3.63, 3.8) is 0 Å². The first kappa shape index (κ1) is 16.2. The summed E-state index contributed by atoms with van der Waals surface area (Å²) in [4.78, 5) is 33.7. The summed E-state index contributed by atoms with van der Waals surface area (Å²) in [5, 5.41) is 16.4. The molecule has 0 spiro atoms. The Kier molecular flexibility index (Phi) is 6.23. The van der Waals surface area contributed by atoms with Gasteiger partial charge in [0.1, 0.15) is 6.04 Å². The lowest BCUT2D eigenvalue weighted by atomic mass is 10.2. The molecular formula is C12H21N3O5. The van der Waals surface area contributed by atoms with Gasteiger partial charge in [0, 0.05) is 19.7 Å². The normalized spacial score (nSPS) is 16.9. The summed E-state index contributed by atoms with van der Waals surface area (Å²) < 4.78 is 4.92. The Morgan fingerprint density at radius 1 is 1.35 bits per heavy atom. The van der Waals surface area contributed by atoms with Crippen LogP contribution in [0, 0.1) is 0 Å². The molecule has 8 nitrogen and oxygen atoms in total. The highest BCUT2D eigenvalue weighted by molar-refractivity contribution is 5.87. The zero-order valence-corrected chi connectivity index (χ0v) is 11.6. The van der Waals surface area contributed by atoms with E-state index in [4.69, 9.17) is 9.84 Å². The molecule has 3 amide bonds. The number of methoxy groups -OCH3 is 1. The number of carboxylic acid groups (broad SMARTS) is 1. The first-order valence-electron chi connectivity index (χ1n) is 6.51. The minimum atomic E-state index is -1.00. The van der Waals surface area contributed by atoms with E-state index in [9.17, 15) is 14.4 Å². The van der Waals surface area contributed by atoms with Crippen molar-refractivity contribution in [3.8, 4) is 0 Å². The van der Waals surface area contributed by atoms with Crippen LogP contribution in [0.1, 0.15) is 26.2 Å². The lowest BCUT2D eigenvalue weighted by Crippen LogP contribution is -2.50. The second-order valence-electron chi connectivity index (χ2n) is 4.81. The minimum Gasteiger partial charge on any atom is -0.481 e. The summed E-state index contributed by atoms with van der Waals surface area (Å²) in [6.07, 6.45) is 1.16. The quantitative estimate of drug-likeness (QED) is 0.477. The van der Waals surface area contributed by atoms with Gasteiger partial charge in [-0.25, -0.2) is 4.79 Å². The predicted molar refractivity (Wildman–Crippen MR) is 70.2 cm³/mol. The van der Waals surface area contributed by atoms with Crippen molar-refractivity contribution in [2.45, 2.75) is 44.4 Å². The molecule has 0 aromatic heterocycles. The molecule has 4 N–H and O–H groups in total. The molecule has 1 aliphatic carbocycles. The number of aliphatic carboxylic acids is 1. The van der Waals surface area contributed by atoms with Crippen LogP contribution in [-0.4, -0.2) is 54.9 Å². The van der Waals surface area contributed by atoms with Crippen molar-refractivity contribution in [3.05, 3.63) is 0 Å². The Morgan fingerprint density at radius 3 is 2.50 bits per heavy atom. The van der Waals surface area contributed by atoms with E-state index in [0.29, 0.717) is 0 Å². The van der Waals surface area contributed by atoms with E-state index in [1.54, 1.807) is 6.92 Å². The number of urea groups is 1. The Morgan fingerprint density at radius 2 is 2.00 bits per heavy atom. The van der Waals surface area contributed by atoms with E-state index in [1.807, 2.05) is 0 Å². The molecule has 2 unspecified atom stereocenters. The minimum absolute atomic E-state index is 0.0611. The fourth-order valence-electron chi connectivity index (χ4n) is 1.51. The third-order valence-electron chi connectivity index (χ3n) is 2.89. The van der Waals surface area contributed by atoms with Crippen molar-refractivity contribution in [2.24, 2.45) is 0 Å². The number of hydrogen-bond acceptors (Lipinski definition) is 4. The summed E-state index contributed by atoms with van der Waals surface area (Å²) in [7, 11) is 1.37.